The average Bonchev–Trinajstić information content (AvgIpc) is 3.03. The summed E-state index contributed by atoms with van der Waals surface area (Å²) in [5.41, 5.74) is 4.42. The van der Waals surface area contributed by atoms with Crippen LogP contribution < -0.4 is 5.32 Å². The molecule has 0 spiro atoms. The predicted octanol–water partition coefficient (Wildman–Crippen LogP) is 2.22. The third-order valence-electron chi connectivity index (χ3n) is 3.42. The number of hydrogen-bond donors (Lipinski definition) is 2. The summed E-state index contributed by atoms with van der Waals surface area (Å²) in [6.07, 6.45) is 5.81. The van der Waals surface area contributed by atoms with Crippen molar-refractivity contribution in [2.24, 2.45) is 0 Å². The first-order valence-corrected chi connectivity index (χ1v) is 6.40. The van der Waals surface area contributed by atoms with Gasteiger partial charge in [0.25, 0.3) is 0 Å². The van der Waals surface area contributed by atoms with E-state index >= 15 is 0 Å². The Morgan fingerprint density at radius 3 is 3.11 bits per heavy atom. The summed E-state index contributed by atoms with van der Waals surface area (Å²) < 4.78 is 2.13. The maximum absolute atomic E-state index is 4.56. The molecule has 0 aromatic carbocycles. The molecule has 0 bridgehead atoms. The van der Waals surface area contributed by atoms with Gasteiger partial charge in [0.15, 0.2) is 0 Å². The average molecular weight is 255 g/mol. The zero-order valence-electron chi connectivity index (χ0n) is 11.1. The second-order valence-corrected chi connectivity index (χ2v) is 4.71. The van der Waals surface area contributed by atoms with Crippen LogP contribution in [0.1, 0.15) is 29.9 Å². The maximum Gasteiger partial charge on any atom is 0.137 e. The van der Waals surface area contributed by atoms with Gasteiger partial charge in [0.2, 0.25) is 0 Å². The summed E-state index contributed by atoms with van der Waals surface area (Å²) >= 11 is 0. The third kappa shape index (κ3) is 2.24. The van der Waals surface area contributed by atoms with E-state index in [9.17, 15) is 0 Å². The summed E-state index contributed by atoms with van der Waals surface area (Å²) in [6.45, 7) is 4.96. The zero-order chi connectivity index (χ0) is 13.2. The van der Waals surface area contributed by atoms with Crippen molar-refractivity contribution in [3.63, 3.8) is 0 Å². The van der Waals surface area contributed by atoms with Gasteiger partial charge in [-0.2, -0.15) is 5.10 Å². The maximum atomic E-state index is 4.56. The lowest BCUT2D eigenvalue weighted by molar-refractivity contribution is 0.564. The number of aromatic nitrogens is 4. The molecule has 19 heavy (non-hydrogen) atoms. The van der Waals surface area contributed by atoms with Crippen LogP contribution in [0.5, 0.6) is 0 Å². The van der Waals surface area contributed by atoms with Crippen molar-refractivity contribution in [3.05, 3.63) is 53.7 Å². The van der Waals surface area contributed by atoms with Crippen LogP contribution in [-0.2, 0) is 6.54 Å². The van der Waals surface area contributed by atoms with Gasteiger partial charge in [-0.1, -0.05) is 6.07 Å². The van der Waals surface area contributed by atoms with Crippen molar-refractivity contribution in [1.82, 2.24) is 24.9 Å². The number of nitrogens with zero attached hydrogens (tertiary/aromatic N) is 3. The van der Waals surface area contributed by atoms with Gasteiger partial charge in [-0.05, 0) is 26.0 Å². The monoisotopic (exact) mass is 255 g/mol. The van der Waals surface area contributed by atoms with Crippen LogP contribution in [0.25, 0.3) is 5.65 Å². The Hall–Kier alpha value is -2.14. The summed E-state index contributed by atoms with van der Waals surface area (Å²) in [4.78, 5) is 4.56. The van der Waals surface area contributed by atoms with Crippen molar-refractivity contribution in [3.8, 4) is 0 Å². The summed E-state index contributed by atoms with van der Waals surface area (Å²) in [6, 6.07) is 6.31. The Kier molecular flexibility index (Phi) is 3.05. The minimum Gasteiger partial charge on any atom is -0.304 e. The third-order valence-corrected chi connectivity index (χ3v) is 3.42. The van der Waals surface area contributed by atoms with Gasteiger partial charge in [0, 0.05) is 30.5 Å². The molecule has 1 atom stereocenters. The number of pyridine rings is 1. The van der Waals surface area contributed by atoms with Crippen LogP contribution in [0, 0.1) is 6.92 Å². The normalized spacial score (nSPS) is 12.9. The molecule has 0 radical (unpaired) electrons. The molecule has 0 amide bonds. The van der Waals surface area contributed by atoms with Gasteiger partial charge < -0.3 is 9.72 Å². The largest absolute Gasteiger partial charge is 0.304 e. The fourth-order valence-electron chi connectivity index (χ4n) is 2.24. The predicted molar refractivity (Wildman–Crippen MR) is 73.8 cm³/mol. The van der Waals surface area contributed by atoms with Gasteiger partial charge in [-0.25, -0.2) is 4.98 Å². The number of fused-ring (bicyclic) bond motifs is 1. The number of imidazole rings is 1. The molecule has 0 aliphatic heterocycles. The molecule has 1 unspecified atom stereocenters. The minimum atomic E-state index is 0.257. The molecule has 0 aliphatic carbocycles. The SMILES string of the molecule is Cc1nc2ccccn2c1CNC(C)c1cn[nH]c1. The van der Waals surface area contributed by atoms with E-state index in [2.05, 4.69) is 38.0 Å². The number of H-pyrrole nitrogens is 1. The van der Waals surface area contributed by atoms with Gasteiger partial charge >= 0.3 is 0 Å². The van der Waals surface area contributed by atoms with Gasteiger partial charge in [0.1, 0.15) is 5.65 Å². The molecule has 3 rings (SSSR count). The highest BCUT2D eigenvalue weighted by atomic mass is 15.1. The van der Waals surface area contributed by atoms with Crippen molar-refractivity contribution in [2.75, 3.05) is 0 Å². The second kappa shape index (κ2) is 4.85. The van der Waals surface area contributed by atoms with Gasteiger partial charge in [0.05, 0.1) is 17.6 Å². The number of nitrogens with one attached hydrogen (secondary N) is 2. The van der Waals surface area contributed by atoms with Crippen LogP contribution in [0.4, 0.5) is 0 Å². The molecule has 3 aromatic heterocycles. The topological polar surface area (TPSA) is 58.0 Å². The van der Waals surface area contributed by atoms with E-state index in [1.165, 1.54) is 5.69 Å². The van der Waals surface area contributed by atoms with E-state index < -0.39 is 0 Å². The molecular weight excluding hydrogens is 238 g/mol. The molecule has 0 aliphatic rings. The highest BCUT2D eigenvalue weighted by Crippen LogP contribution is 2.14. The molecule has 0 saturated heterocycles. The number of aryl methyl sites for hydroxylation is 1. The lowest BCUT2D eigenvalue weighted by Gasteiger charge is -2.12. The molecule has 5 nitrogen and oxygen atoms in total. The number of hydrogen-bond acceptors (Lipinski definition) is 3. The molecule has 3 aromatic rings. The van der Waals surface area contributed by atoms with Crippen LogP contribution in [0.3, 0.4) is 0 Å². The molecule has 98 valence electrons. The van der Waals surface area contributed by atoms with Crippen molar-refractivity contribution < 1.29 is 0 Å². The second-order valence-electron chi connectivity index (χ2n) is 4.71. The number of rotatable bonds is 4. The first-order valence-electron chi connectivity index (χ1n) is 6.40. The van der Waals surface area contributed by atoms with E-state index in [-0.39, 0.29) is 6.04 Å². The fraction of sp³-hybridized carbons (Fsp3) is 0.286. The Labute approximate surface area is 111 Å². The first kappa shape index (κ1) is 11.9. The highest BCUT2D eigenvalue weighted by Gasteiger charge is 2.10. The highest BCUT2D eigenvalue weighted by molar-refractivity contribution is 5.42. The van der Waals surface area contributed by atoms with E-state index in [1.54, 1.807) is 0 Å². The van der Waals surface area contributed by atoms with Crippen molar-refractivity contribution in [1.29, 1.82) is 0 Å². The van der Waals surface area contributed by atoms with Gasteiger partial charge in [-0.3, -0.25) is 5.10 Å². The summed E-state index contributed by atoms with van der Waals surface area (Å²) in [5, 5.41) is 10.3. The molecular formula is C14H17N5. The molecule has 0 fully saturated rings. The Morgan fingerprint density at radius 2 is 2.32 bits per heavy atom. The molecule has 0 saturated carbocycles. The molecule has 3 heterocycles. The van der Waals surface area contributed by atoms with Crippen molar-refractivity contribution in [2.45, 2.75) is 26.4 Å². The Morgan fingerprint density at radius 1 is 1.42 bits per heavy atom. The Balaban J connectivity index is 1.80. The van der Waals surface area contributed by atoms with Crippen LogP contribution in [0.15, 0.2) is 36.8 Å². The lowest BCUT2D eigenvalue weighted by atomic mass is 10.2. The Bertz CT molecular complexity index is 668. The standard InChI is InChI=1S/C14H17N5/c1-10(12-7-16-17-8-12)15-9-13-11(2)18-14-5-3-4-6-19(13)14/h3-8,10,15H,9H2,1-2H3,(H,16,17). The zero-order valence-corrected chi connectivity index (χ0v) is 11.1. The van der Waals surface area contributed by atoms with Crippen molar-refractivity contribution >= 4 is 5.65 Å². The first-order chi connectivity index (χ1) is 9.25. The molecule has 2 N–H and O–H groups in total. The van der Waals surface area contributed by atoms with E-state index in [1.807, 2.05) is 37.5 Å². The van der Waals surface area contributed by atoms with Crippen LogP contribution in [-0.4, -0.2) is 19.6 Å². The van der Waals surface area contributed by atoms with E-state index in [0.717, 1.165) is 23.4 Å². The van der Waals surface area contributed by atoms with Gasteiger partial charge in [-0.15, -0.1) is 0 Å². The number of aromatic amines is 1. The molecule has 5 heteroatoms. The summed E-state index contributed by atoms with van der Waals surface area (Å²) in [7, 11) is 0. The van der Waals surface area contributed by atoms with Crippen LogP contribution >= 0.6 is 0 Å². The summed E-state index contributed by atoms with van der Waals surface area (Å²) in [5.74, 6) is 0. The quantitative estimate of drug-likeness (QED) is 0.751. The minimum absolute atomic E-state index is 0.257. The van der Waals surface area contributed by atoms with E-state index in [0.29, 0.717) is 0 Å². The smallest absolute Gasteiger partial charge is 0.137 e. The lowest BCUT2D eigenvalue weighted by Crippen LogP contribution is -2.19. The fourth-order valence-corrected chi connectivity index (χ4v) is 2.24. The van der Waals surface area contributed by atoms with Crippen LogP contribution in [0.2, 0.25) is 0 Å². The van der Waals surface area contributed by atoms with E-state index in [4.69, 9.17) is 0 Å².